The minimum absolute atomic E-state index is 0.871. The first-order valence-electron chi connectivity index (χ1n) is 5.41. The minimum atomic E-state index is 0.871. The zero-order chi connectivity index (χ0) is 11.5. The van der Waals surface area contributed by atoms with Crippen LogP contribution in [0.15, 0.2) is 30.6 Å². The molecule has 16 heavy (non-hydrogen) atoms. The largest absolute Gasteiger partial charge is 0.496 e. The Morgan fingerprint density at radius 2 is 2.06 bits per heavy atom. The van der Waals surface area contributed by atoms with Crippen molar-refractivity contribution in [1.29, 1.82) is 0 Å². The number of aromatic nitrogens is 2. The van der Waals surface area contributed by atoms with Crippen LogP contribution >= 0.6 is 0 Å². The van der Waals surface area contributed by atoms with Crippen LogP contribution in [0, 0.1) is 0 Å². The molecule has 0 aliphatic rings. The molecule has 0 saturated carbocycles. The Morgan fingerprint density at radius 1 is 1.31 bits per heavy atom. The van der Waals surface area contributed by atoms with Crippen LogP contribution in [0.3, 0.4) is 0 Å². The number of hydrogen-bond acceptors (Lipinski definition) is 2. The van der Waals surface area contributed by atoms with Gasteiger partial charge in [0.25, 0.3) is 0 Å². The fourth-order valence-electron chi connectivity index (χ4n) is 1.94. The van der Waals surface area contributed by atoms with Gasteiger partial charge in [0.2, 0.25) is 0 Å². The van der Waals surface area contributed by atoms with Crippen LogP contribution in [-0.4, -0.2) is 16.7 Å². The zero-order valence-corrected chi connectivity index (χ0v) is 9.90. The highest BCUT2D eigenvalue weighted by Gasteiger charge is 2.12. The van der Waals surface area contributed by atoms with Crippen molar-refractivity contribution in [1.82, 2.24) is 9.55 Å². The third-order valence-electron chi connectivity index (χ3n) is 2.76. The fraction of sp³-hybridized carbons (Fsp3) is 0.308. The predicted molar refractivity (Wildman–Crippen MR) is 64.6 cm³/mol. The van der Waals surface area contributed by atoms with E-state index in [0.29, 0.717) is 0 Å². The standard InChI is InChI=1S/C13H16N2O/c1-4-11-13(14-9-15(11)2)10-7-5-6-8-12(10)16-3/h5-9H,4H2,1-3H3. The van der Waals surface area contributed by atoms with E-state index in [1.165, 1.54) is 5.69 Å². The number of hydrogen-bond donors (Lipinski definition) is 0. The van der Waals surface area contributed by atoms with Crippen molar-refractivity contribution in [2.75, 3.05) is 7.11 Å². The van der Waals surface area contributed by atoms with Crippen molar-refractivity contribution >= 4 is 0 Å². The van der Waals surface area contributed by atoms with Crippen molar-refractivity contribution in [2.24, 2.45) is 7.05 Å². The van der Waals surface area contributed by atoms with Gasteiger partial charge >= 0.3 is 0 Å². The summed E-state index contributed by atoms with van der Waals surface area (Å²) < 4.78 is 7.42. The molecule has 0 unspecified atom stereocenters. The predicted octanol–water partition coefficient (Wildman–Crippen LogP) is 2.66. The summed E-state index contributed by atoms with van der Waals surface area (Å²) in [5.41, 5.74) is 3.30. The molecule has 0 fully saturated rings. The molecule has 0 aliphatic carbocycles. The molecule has 0 radical (unpaired) electrons. The van der Waals surface area contributed by atoms with E-state index in [0.717, 1.165) is 23.4 Å². The lowest BCUT2D eigenvalue weighted by molar-refractivity contribution is 0.416. The fourth-order valence-corrected chi connectivity index (χ4v) is 1.94. The first-order valence-corrected chi connectivity index (χ1v) is 5.41. The van der Waals surface area contributed by atoms with Gasteiger partial charge in [0.1, 0.15) is 5.75 Å². The van der Waals surface area contributed by atoms with Crippen molar-refractivity contribution in [3.05, 3.63) is 36.3 Å². The van der Waals surface area contributed by atoms with E-state index in [2.05, 4.69) is 16.5 Å². The Labute approximate surface area is 95.7 Å². The lowest BCUT2D eigenvalue weighted by Gasteiger charge is -2.08. The summed E-state index contributed by atoms with van der Waals surface area (Å²) in [5, 5.41) is 0. The number of benzene rings is 1. The van der Waals surface area contributed by atoms with Crippen LogP contribution in [0.25, 0.3) is 11.3 Å². The molecule has 0 spiro atoms. The Morgan fingerprint density at radius 3 is 2.75 bits per heavy atom. The molecule has 0 N–H and O–H groups in total. The van der Waals surface area contributed by atoms with E-state index in [9.17, 15) is 0 Å². The van der Waals surface area contributed by atoms with Gasteiger partial charge in [-0.3, -0.25) is 0 Å². The third kappa shape index (κ3) is 1.69. The second kappa shape index (κ2) is 4.39. The Hall–Kier alpha value is -1.77. The van der Waals surface area contributed by atoms with Crippen LogP contribution < -0.4 is 4.74 Å². The van der Waals surface area contributed by atoms with Gasteiger partial charge in [-0.05, 0) is 18.6 Å². The zero-order valence-electron chi connectivity index (χ0n) is 9.90. The summed E-state index contributed by atoms with van der Waals surface area (Å²) in [6.07, 6.45) is 2.81. The van der Waals surface area contributed by atoms with Crippen molar-refractivity contribution in [3.8, 4) is 17.0 Å². The lowest BCUT2D eigenvalue weighted by atomic mass is 10.1. The summed E-state index contributed by atoms with van der Waals surface area (Å²) in [7, 11) is 3.71. The average molecular weight is 216 g/mol. The maximum Gasteiger partial charge on any atom is 0.128 e. The van der Waals surface area contributed by atoms with Gasteiger partial charge in [0.05, 0.1) is 19.1 Å². The third-order valence-corrected chi connectivity index (χ3v) is 2.76. The molecular formula is C13H16N2O. The molecule has 1 heterocycles. The van der Waals surface area contributed by atoms with E-state index in [-0.39, 0.29) is 0 Å². The van der Waals surface area contributed by atoms with Crippen molar-refractivity contribution < 1.29 is 4.74 Å². The quantitative estimate of drug-likeness (QED) is 0.788. The smallest absolute Gasteiger partial charge is 0.128 e. The second-order valence-electron chi connectivity index (χ2n) is 3.70. The van der Waals surface area contributed by atoms with E-state index in [1.807, 2.05) is 37.6 Å². The molecule has 3 heteroatoms. The molecule has 0 amide bonds. The number of aryl methyl sites for hydroxylation is 1. The maximum absolute atomic E-state index is 5.36. The molecule has 2 aromatic rings. The lowest BCUT2D eigenvalue weighted by Crippen LogP contribution is -1.95. The van der Waals surface area contributed by atoms with Gasteiger partial charge in [-0.1, -0.05) is 19.1 Å². The molecule has 0 bridgehead atoms. The van der Waals surface area contributed by atoms with Gasteiger partial charge in [-0.15, -0.1) is 0 Å². The first kappa shape index (κ1) is 10.7. The summed E-state index contributed by atoms with van der Waals surface area (Å²) in [4.78, 5) is 4.45. The number of imidazole rings is 1. The molecule has 1 aromatic heterocycles. The molecule has 84 valence electrons. The van der Waals surface area contributed by atoms with Crippen LogP contribution in [0.1, 0.15) is 12.6 Å². The van der Waals surface area contributed by atoms with Gasteiger partial charge in [-0.2, -0.15) is 0 Å². The summed E-state index contributed by atoms with van der Waals surface area (Å²) in [6.45, 7) is 2.13. The summed E-state index contributed by atoms with van der Waals surface area (Å²) in [6, 6.07) is 7.98. The highest BCUT2D eigenvalue weighted by Crippen LogP contribution is 2.30. The van der Waals surface area contributed by atoms with E-state index >= 15 is 0 Å². The van der Waals surface area contributed by atoms with Crippen LogP contribution in [0.5, 0.6) is 5.75 Å². The van der Waals surface area contributed by atoms with Gasteiger partial charge in [0, 0.05) is 18.3 Å². The van der Waals surface area contributed by atoms with E-state index < -0.39 is 0 Å². The van der Waals surface area contributed by atoms with Gasteiger partial charge in [0.15, 0.2) is 0 Å². The number of para-hydroxylation sites is 1. The molecule has 0 saturated heterocycles. The number of methoxy groups -OCH3 is 1. The molecule has 0 atom stereocenters. The van der Waals surface area contributed by atoms with E-state index in [1.54, 1.807) is 7.11 Å². The second-order valence-corrected chi connectivity index (χ2v) is 3.70. The topological polar surface area (TPSA) is 27.1 Å². The first-order chi connectivity index (χ1) is 7.77. The number of rotatable bonds is 3. The normalized spacial score (nSPS) is 10.4. The Kier molecular flexibility index (Phi) is 2.95. The average Bonchev–Trinajstić information content (AvgIpc) is 2.70. The Bertz CT molecular complexity index is 488. The maximum atomic E-state index is 5.36. The molecule has 1 aromatic carbocycles. The van der Waals surface area contributed by atoms with Gasteiger partial charge < -0.3 is 9.30 Å². The molecule has 2 rings (SSSR count). The minimum Gasteiger partial charge on any atom is -0.496 e. The van der Waals surface area contributed by atoms with E-state index in [4.69, 9.17) is 4.74 Å². The monoisotopic (exact) mass is 216 g/mol. The van der Waals surface area contributed by atoms with Crippen LogP contribution in [0.4, 0.5) is 0 Å². The highest BCUT2D eigenvalue weighted by molar-refractivity contribution is 5.69. The SMILES string of the molecule is CCc1c(-c2ccccc2OC)ncn1C. The van der Waals surface area contributed by atoms with Crippen LogP contribution in [-0.2, 0) is 13.5 Å². The van der Waals surface area contributed by atoms with Crippen LogP contribution in [0.2, 0.25) is 0 Å². The summed E-state index contributed by atoms with van der Waals surface area (Å²) in [5.74, 6) is 0.871. The Balaban J connectivity index is 2.58. The van der Waals surface area contributed by atoms with Crippen molar-refractivity contribution in [2.45, 2.75) is 13.3 Å². The molecular weight excluding hydrogens is 200 g/mol. The molecule has 3 nitrogen and oxygen atoms in total. The highest BCUT2D eigenvalue weighted by atomic mass is 16.5. The van der Waals surface area contributed by atoms with Gasteiger partial charge in [-0.25, -0.2) is 4.98 Å². The number of nitrogens with zero attached hydrogens (tertiary/aromatic N) is 2. The summed E-state index contributed by atoms with van der Waals surface area (Å²) >= 11 is 0. The molecule has 0 aliphatic heterocycles. The van der Waals surface area contributed by atoms with Crippen molar-refractivity contribution in [3.63, 3.8) is 0 Å². The number of ether oxygens (including phenoxy) is 1.